The summed E-state index contributed by atoms with van der Waals surface area (Å²) >= 11 is 0. The Morgan fingerprint density at radius 3 is 2.52 bits per heavy atom. The van der Waals surface area contributed by atoms with E-state index in [4.69, 9.17) is 5.10 Å². The van der Waals surface area contributed by atoms with Gasteiger partial charge in [0.1, 0.15) is 0 Å². The summed E-state index contributed by atoms with van der Waals surface area (Å²) in [6, 6.07) is 16.4. The highest BCUT2D eigenvalue weighted by Gasteiger charge is 2.09. The summed E-state index contributed by atoms with van der Waals surface area (Å²) in [5.74, 6) is 0. The normalized spacial score (nSPS) is 10.9. The van der Waals surface area contributed by atoms with Crippen LogP contribution in [-0.2, 0) is 6.54 Å². The maximum atomic E-state index is 4.72. The number of nitrogens with zero attached hydrogens (tertiary/aromatic N) is 5. The van der Waals surface area contributed by atoms with Crippen LogP contribution in [0.15, 0.2) is 60.9 Å². The third-order valence-electron chi connectivity index (χ3n) is 4.42. The monoisotopic (exact) mass is 355 g/mol. The highest BCUT2D eigenvalue weighted by molar-refractivity contribution is 5.70. The molecule has 0 unspecified atom stereocenters. The number of benzene rings is 1. The Balaban J connectivity index is 1.63. The molecule has 0 atom stereocenters. The molecular formula is C22H21N5. The van der Waals surface area contributed by atoms with Crippen LogP contribution in [0.2, 0.25) is 0 Å². The molecule has 3 aromatic heterocycles. The number of hydrogen-bond acceptors (Lipinski definition) is 4. The molecule has 0 aliphatic carbocycles. The highest BCUT2D eigenvalue weighted by Crippen LogP contribution is 2.26. The predicted octanol–water partition coefficient (Wildman–Crippen LogP) is 4.38. The van der Waals surface area contributed by atoms with Gasteiger partial charge in [0.05, 0.1) is 35.0 Å². The summed E-state index contributed by atoms with van der Waals surface area (Å²) < 4.78 is 1.92. The van der Waals surface area contributed by atoms with Gasteiger partial charge in [0, 0.05) is 29.2 Å². The van der Waals surface area contributed by atoms with Crippen LogP contribution in [0.3, 0.4) is 0 Å². The van der Waals surface area contributed by atoms with E-state index >= 15 is 0 Å². The van der Waals surface area contributed by atoms with Gasteiger partial charge in [-0.2, -0.15) is 5.10 Å². The van der Waals surface area contributed by atoms with Crippen molar-refractivity contribution in [1.82, 2.24) is 24.7 Å². The van der Waals surface area contributed by atoms with Gasteiger partial charge in [-0.15, -0.1) is 0 Å². The van der Waals surface area contributed by atoms with Crippen molar-refractivity contribution in [2.45, 2.75) is 27.3 Å². The van der Waals surface area contributed by atoms with Crippen LogP contribution in [0.5, 0.6) is 0 Å². The molecule has 27 heavy (non-hydrogen) atoms. The molecule has 5 heteroatoms. The maximum absolute atomic E-state index is 4.72. The van der Waals surface area contributed by atoms with Gasteiger partial charge in [0.2, 0.25) is 0 Å². The standard InChI is InChI=1S/C22H21N5/c1-15-6-4-9-20(24-15)14-27-11-10-21(26-27)18-7-5-8-19(12-18)22-17(3)23-13-16(2)25-22/h4-13H,14H2,1-3H3. The third kappa shape index (κ3) is 3.77. The maximum Gasteiger partial charge on any atom is 0.0923 e. The van der Waals surface area contributed by atoms with Crippen molar-refractivity contribution in [1.29, 1.82) is 0 Å². The van der Waals surface area contributed by atoms with Gasteiger partial charge in [0.25, 0.3) is 0 Å². The van der Waals surface area contributed by atoms with Crippen molar-refractivity contribution in [2.75, 3.05) is 0 Å². The fourth-order valence-corrected chi connectivity index (χ4v) is 3.09. The Bertz CT molecular complexity index is 1100. The lowest BCUT2D eigenvalue weighted by molar-refractivity contribution is 0.673. The topological polar surface area (TPSA) is 56.5 Å². The van der Waals surface area contributed by atoms with Gasteiger partial charge in [-0.1, -0.05) is 24.3 Å². The van der Waals surface area contributed by atoms with E-state index in [9.17, 15) is 0 Å². The molecule has 0 amide bonds. The molecule has 3 heterocycles. The van der Waals surface area contributed by atoms with E-state index in [1.54, 1.807) is 6.20 Å². The Morgan fingerprint density at radius 2 is 1.67 bits per heavy atom. The average Bonchev–Trinajstić information content (AvgIpc) is 3.12. The predicted molar refractivity (Wildman–Crippen MR) is 106 cm³/mol. The second-order valence-corrected chi connectivity index (χ2v) is 6.70. The van der Waals surface area contributed by atoms with Gasteiger partial charge in [-0.3, -0.25) is 14.6 Å². The van der Waals surface area contributed by atoms with E-state index in [2.05, 4.69) is 33.2 Å². The molecule has 0 bridgehead atoms. The molecular weight excluding hydrogens is 334 g/mol. The van der Waals surface area contributed by atoms with Crippen LogP contribution < -0.4 is 0 Å². The first kappa shape index (κ1) is 17.1. The average molecular weight is 355 g/mol. The largest absolute Gasteiger partial charge is 0.266 e. The zero-order valence-corrected chi connectivity index (χ0v) is 15.7. The van der Waals surface area contributed by atoms with Gasteiger partial charge in [-0.25, -0.2) is 4.98 Å². The zero-order valence-electron chi connectivity index (χ0n) is 15.7. The van der Waals surface area contributed by atoms with Crippen LogP contribution >= 0.6 is 0 Å². The zero-order chi connectivity index (χ0) is 18.8. The first-order valence-electron chi connectivity index (χ1n) is 8.95. The molecule has 0 fully saturated rings. The first-order valence-corrected chi connectivity index (χ1v) is 8.95. The summed E-state index contributed by atoms with van der Waals surface area (Å²) in [6.07, 6.45) is 3.79. The number of aryl methyl sites for hydroxylation is 3. The molecule has 0 saturated heterocycles. The van der Waals surface area contributed by atoms with Crippen LogP contribution in [0.4, 0.5) is 0 Å². The van der Waals surface area contributed by atoms with Crippen molar-refractivity contribution >= 4 is 0 Å². The number of hydrogen-bond donors (Lipinski definition) is 0. The summed E-state index contributed by atoms with van der Waals surface area (Å²) in [4.78, 5) is 13.6. The molecule has 4 rings (SSSR count). The molecule has 0 radical (unpaired) electrons. The van der Waals surface area contributed by atoms with Crippen LogP contribution in [0.1, 0.15) is 22.8 Å². The Hall–Kier alpha value is -3.34. The van der Waals surface area contributed by atoms with Crippen molar-refractivity contribution in [2.24, 2.45) is 0 Å². The quantitative estimate of drug-likeness (QED) is 0.545. The Morgan fingerprint density at radius 1 is 0.852 bits per heavy atom. The van der Waals surface area contributed by atoms with E-state index < -0.39 is 0 Å². The molecule has 0 spiro atoms. The fraction of sp³-hybridized carbons (Fsp3) is 0.182. The van der Waals surface area contributed by atoms with Gasteiger partial charge >= 0.3 is 0 Å². The summed E-state index contributed by atoms with van der Waals surface area (Å²) in [5, 5.41) is 4.72. The lowest BCUT2D eigenvalue weighted by Gasteiger charge is -2.07. The van der Waals surface area contributed by atoms with Crippen molar-refractivity contribution in [3.8, 4) is 22.5 Å². The van der Waals surface area contributed by atoms with Gasteiger partial charge in [0.15, 0.2) is 0 Å². The molecule has 1 aromatic carbocycles. The molecule has 0 aliphatic rings. The SMILES string of the molecule is Cc1cccc(Cn2ccc(-c3cccc(-c4nc(C)cnc4C)c3)n2)n1. The van der Waals surface area contributed by atoms with Gasteiger partial charge in [-0.05, 0) is 45.0 Å². The summed E-state index contributed by atoms with van der Waals surface area (Å²) in [7, 11) is 0. The molecule has 0 N–H and O–H groups in total. The molecule has 4 aromatic rings. The Labute approximate surface area is 158 Å². The number of rotatable bonds is 4. The lowest BCUT2D eigenvalue weighted by Crippen LogP contribution is -2.03. The molecule has 134 valence electrons. The van der Waals surface area contributed by atoms with E-state index in [0.717, 1.165) is 45.3 Å². The molecule has 0 saturated carbocycles. The minimum atomic E-state index is 0.657. The van der Waals surface area contributed by atoms with Crippen LogP contribution in [-0.4, -0.2) is 24.7 Å². The van der Waals surface area contributed by atoms with Crippen molar-refractivity contribution in [3.05, 3.63) is 83.7 Å². The van der Waals surface area contributed by atoms with Crippen molar-refractivity contribution < 1.29 is 0 Å². The summed E-state index contributed by atoms with van der Waals surface area (Å²) in [5.41, 5.74) is 7.82. The number of pyridine rings is 1. The number of aromatic nitrogens is 5. The molecule has 5 nitrogen and oxygen atoms in total. The molecule has 0 aliphatic heterocycles. The van der Waals surface area contributed by atoms with Crippen LogP contribution in [0.25, 0.3) is 22.5 Å². The van der Waals surface area contributed by atoms with E-state index in [1.807, 2.05) is 62.0 Å². The smallest absolute Gasteiger partial charge is 0.0923 e. The second kappa shape index (κ2) is 7.11. The van der Waals surface area contributed by atoms with E-state index in [1.165, 1.54) is 0 Å². The van der Waals surface area contributed by atoms with Gasteiger partial charge < -0.3 is 0 Å². The second-order valence-electron chi connectivity index (χ2n) is 6.70. The first-order chi connectivity index (χ1) is 13.1. The minimum absolute atomic E-state index is 0.657. The van der Waals surface area contributed by atoms with E-state index in [0.29, 0.717) is 6.54 Å². The Kier molecular flexibility index (Phi) is 4.50. The van der Waals surface area contributed by atoms with Crippen LogP contribution in [0, 0.1) is 20.8 Å². The third-order valence-corrected chi connectivity index (χ3v) is 4.42. The van der Waals surface area contributed by atoms with Crippen molar-refractivity contribution in [3.63, 3.8) is 0 Å². The summed E-state index contributed by atoms with van der Waals surface area (Å²) in [6.45, 7) is 6.60. The highest BCUT2D eigenvalue weighted by atomic mass is 15.3. The minimum Gasteiger partial charge on any atom is -0.266 e. The van der Waals surface area contributed by atoms with E-state index in [-0.39, 0.29) is 0 Å². The fourth-order valence-electron chi connectivity index (χ4n) is 3.09. The lowest BCUT2D eigenvalue weighted by atomic mass is 10.0.